The van der Waals surface area contributed by atoms with Gasteiger partial charge in [-0.1, -0.05) is 52.0 Å². The van der Waals surface area contributed by atoms with Crippen molar-refractivity contribution >= 4 is 5.97 Å². The molecule has 0 saturated heterocycles. The lowest BCUT2D eigenvalue weighted by Crippen LogP contribution is -2.51. The number of carboxylic acid groups (broad SMARTS) is 1. The Morgan fingerprint density at radius 3 is 2.53 bits per heavy atom. The molecule has 0 aromatic rings. The molecule has 3 nitrogen and oxygen atoms in total. The summed E-state index contributed by atoms with van der Waals surface area (Å²) in [6.07, 6.45) is 14.0. The quantitative estimate of drug-likeness (QED) is 0.619. The van der Waals surface area contributed by atoms with E-state index in [4.69, 9.17) is 0 Å². The summed E-state index contributed by atoms with van der Waals surface area (Å²) in [6.45, 7) is 4.31. The van der Waals surface area contributed by atoms with Crippen molar-refractivity contribution in [3.05, 3.63) is 23.9 Å². The number of hydrogen-bond acceptors (Lipinski definition) is 2. The highest BCUT2D eigenvalue weighted by atomic mass is 16.4. The predicted molar refractivity (Wildman–Crippen MR) is 79.0 cm³/mol. The summed E-state index contributed by atoms with van der Waals surface area (Å²) in [5, 5.41) is 12.8. The second-order valence-corrected chi connectivity index (χ2v) is 5.37. The van der Waals surface area contributed by atoms with Crippen LogP contribution in [0.3, 0.4) is 0 Å². The molecule has 2 N–H and O–H groups in total. The van der Waals surface area contributed by atoms with Crippen molar-refractivity contribution in [1.29, 1.82) is 0 Å². The molecule has 0 fully saturated rings. The second-order valence-electron chi connectivity index (χ2n) is 5.37. The minimum Gasteiger partial charge on any atom is -0.479 e. The molecule has 0 aliphatic carbocycles. The minimum atomic E-state index is -0.883. The van der Waals surface area contributed by atoms with Crippen LogP contribution < -0.4 is 5.32 Å². The van der Waals surface area contributed by atoms with Crippen LogP contribution in [0.25, 0.3) is 0 Å². The molecule has 0 bridgehead atoms. The van der Waals surface area contributed by atoms with Gasteiger partial charge in [-0.05, 0) is 31.4 Å². The van der Waals surface area contributed by atoms with Crippen LogP contribution in [0, 0.1) is 0 Å². The van der Waals surface area contributed by atoms with Crippen molar-refractivity contribution in [3.63, 3.8) is 0 Å². The number of unbranched alkanes of at least 4 members (excludes halogenated alkanes) is 4. The molecular formula is C16H27NO2. The fourth-order valence-corrected chi connectivity index (χ4v) is 2.44. The molecule has 1 heterocycles. The third kappa shape index (κ3) is 4.73. The van der Waals surface area contributed by atoms with Gasteiger partial charge < -0.3 is 10.4 Å². The predicted octanol–water partition coefficient (Wildman–Crippen LogP) is 4.01. The largest absolute Gasteiger partial charge is 0.479 e. The normalized spacial score (nSPS) is 21.9. The molecule has 108 valence electrons. The van der Waals surface area contributed by atoms with E-state index in [0.717, 1.165) is 37.8 Å². The van der Waals surface area contributed by atoms with Gasteiger partial charge in [0.25, 0.3) is 0 Å². The van der Waals surface area contributed by atoms with Gasteiger partial charge in [0.1, 0.15) is 0 Å². The molecule has 1 aliphatic rings. The highest BCUT2D eigenvalue weighted by Crippen LogP contribution is 2.24. The molecule has 1 rings (SSSR count). The number of nitrogens with one attached hydrogen (secondary N) is 1. The van der Waals surface area contributed by atoms with Gasteiger partial charge in [-0.3, -0.25) is 0 Å². The summed E-state index contributed by atoms with van der Waals surface area (Å²) in [5.74, 6) is -0.763. The Morgan fingerprint density at radius 1 is 1.21 bits per heavy atom. The first-order chi connectivity index (χ1) is 9.14. The van der Waals surface area contributed by atoms with Crippen LogP contribution in [0.1, 0.15) is 65.2 Å². The van der Waals surface area contributed by atoms with Crippen molar-refractivity contribution < 1.29 is 9.90 Å². The number of carbonyl (C=O) groups is 1. The van der Waals surface area contributed by atoms with Gasteiger partial charge in [-0.2, -0.15) is 0 Å². The Hall–Kier alpha value is -1.25. The van der Waals surface area contributed by atoms with Gasteiger partial charge in [0.15, 0.2) is 5.54 Å². The Bertz CT molecular complexity index is 347. The van der Waals surface area contributed by atoms with Crippen LogP contribution >= 0.6 is 0 Å². The smallest absolute Gasteiger partial charge is 0.333 e. The molecule has 1 unspecified atom stereocenters. The molecule has 3 heteroatoms. The Morgan fingerprint density at radius 2 is 1.89 bits per heavy atom. The first kappa shape index (κ1) is 15.8. The number of dihydropyridines is 1. The molecule has 0 saturated carbocycles. The zero-order valence-electron chi connectivity index (χ0n) is 12.2. The Kier molecular flexibility index (Phi) is 6.68. The molecule has 0 aromatic carbocycles. The number of rotatable bonds is 9. The maximum Gasteiger partial charge on any atom is 0.333 e. The van der Waals surface area contributed by atoms with E-state index in [1.54, 1.807) is 6.08 Å². The van der Waals surface area contributed by atoms with Crippen LogP contribution in [0.15, 0.2) is 23.9 Å². The monoisotopic (exact) mass is 265 g/mol. The van der Waals surface area contributed by atoms with E-state index in [2.05, 4.69) is 19.2 Å². The van der Waals surface area contributed by atoms with E-state index in [0.29, 0.717) is 6.42 Å². The molecule has 0 amide bonds. The number of aliphatic carboxylic acids is 1. The summed E-state index contributed by atoms with van der Waals surface area (Å²) in [4.78, 5) is 11.6. The molecule has 0 spiro atoms. The summed E-state index contributed by atoms with van der Waals surface area (Å²) in [7, 11) is 0. The number of allylic oxidation sites excluding steroid dienone is 3. The lowest BCUT2D eigenvalue weighted by atomic mass is 9.88. The maximum atomic E-state index is 11.6. The lowest BCUT2D eigenvalue weighted by Gasteiger charge is -2.32. The van der Waals surface area contributed by atoms with E-state index in [1.807, 2.05) is 12.2 Å². The fourth-order valence-electron chi connectivity index (χ4n) is 2.44. The van der Waals surface area contributed by atoms with Crippen molar-refractivity contribution in [3.8, 4) is 0 Å². The van der Waals surface area contributed by atoms with Gasteiger partial charge in [-0.15, -0.1) is 0 Å². The van der Waals surface area contributed by atoms with Gasteiger partial charge >= 0.3 is 5.97 Å². The minimum absolute atomic E-state index is 0.664. The SMILES string of the molecule is CCCCCC1=CC=CC(CCCCC)(C(=O)O)N1. The fraction of sp³-hybridized carbons (Fsp3) is 0.688. The molecule has 0 radical (unpaired) electrons. The Labute approximate surface area is 116 Å². The average molecular weight is 265 g/mol. The zero-order chi connectivity index (χ0) is 14.1. The number of hydrogen-bond donors (Lipinski definition) is 2. The molecule has 0 aromatic heterocycles. The van der Waals surface area contributed by atoms with E-state index in [1.165, 1.54) is 12.8 Å². The lowest BCUT2D eigenvalue weighted by molar-refractivity contribution is -0.142. The third-order valence-electron chi connectivity index (χ3n) is 3.67. The van der Waals surface area contributed by atoms with E-state index in [9.17, 15) is 9.90 Å². The molecule has 1 aliphatic heterocycles. The van der Waals surface area contributed by atoms with Crippen LogP contribution in [-0.4, -0.2) is 16.6 Å². The maximum absolute atomic E-state index is 11.6. The highest BCUT2D eigenvalue weighted by Gasteiger charge is 2.36. The van der Waals surface area contributed by atoms with Gasteiger partial charge in [0, 0.05) is 5.70 Å². The Balaban J connectivity index is 2.61. The zero-order valence-corrected chi connectivity index (χ0v) is 12.2. The summed E-state index contributed by atoms with van der Waals surface area (Å²) < 4.78 is 0. The summed E-state index contributed by atoms with van der Waals surface area (Å²) in [5.41, 5.74) is 0.181. The van der Waals surface area contributed by atoms with E-state index < -0.39 is 11.5 Å². The standard InChI is InChI=1S/C16H27NO2/c1-3-5-7-10-14-11-9-13-16(17-14,15(18)19)12-8-6-4-2/h9,11,13,17H,3-8,10,12H2,1-2H3,(H,18,19). The average Bonchev–Trinajstić information content (AvgIpc) is 2.40. The number of carboxylic acids is 1. The van der Waals surface area contributed by atoms with Crippen molar-refractivity contribution in [2.24, 2.45) is 0 Å². The highest BCUT2D eigenvalue weighted by molar-refractivity contribution is 5.82. The van der Waals surface area contributed by atoms with Gasteiger partial charge in [-0.25, -0.2) is 4.79 Å². The molecule has 19 heavy (non-hydrogen) atoms. The van der Waals surface area contributed by atoms with Crippen molar-refractivity contribution in [1.82, 2.24) is 5.32 Å². The first-order valence-electron chi connectivity index (χ1n) is 7.54. The van der Waals surface area contributed by atoms with Gasteiger partial charge in [0.2, 0.25) is 0 Å². The second kappa shape index (κ2) is 8.03. The van der Waals surface area contributed by atoms with Crippen LogP contribution in [-0.2, 0) is 4.79 Å². The van der Waals surface area contributed by atoms with Gasteiger partial charge in [0.05, 0.1) is 0 Å². The first-order valence-corrected chi connectivity index (χ1v) is 7.54. The third-order valence-corrected chi connectivity index (χ3v) is 3.67. The molecule has 1 atom stereocenters. The summed E-state index contributed by atoms with van der Waals surface area (Å²) in [6, 6.07) is 0. The molecular weight excluding hydrogens is 238 g/mol. The van der Waals surface area contributed by atoms with E-state index >= 15 is 0 Å². The van der Waals surface area contributed by atoms with Crippen molar-refractivity contribution in [2.75, 3.05) is 0 Å². The van der Waals surface area contributed by atoms with Crippen LogP contribution in [0.5, 0.6) is 0 Å². The van der Waals surface area contributed by atoms with E-state index in [-0.39, 0.29) is 0 Å². The van der Waals surface area contributed by atoms with Crippen LogP contribution in [0.4, 0.5) is 0 Å². The van der Waals surface area contributed by atoms with Crippen molar-refractivity contribution in [2.45, 2.75) is 70.8 Å². The van der Waals surface area contributed by atoms with Crippen LogP contribution in [0.2, 0.25) is 0 Å². The topological polar surface area (TPSA) is 49.3 Å². The summed E-state index contributed by atoms with van der Waals surface area (Å²) >= 11 is 0.